The Morgan fingerprint density at radius 1 is 1.16 bits per heavy atom. The number of carbonyl (C=O) groups excluding carboxylic acids is 1. The minimum atomic E-state index is -0.375. The molecule has 0 radical (unpaired) electrons. The number of carbonyl (C=O) groups is 1. The zero-order chi connectivity index (χ0) is 17.3. The third kappa shape index (κ3) is 5.19. The molecule has 1 amide bonds. The van der Waals surface area contributed by atoms with Crippen LogP contribution in [0, 0.1) is 0 Å². The van der Waals surface area contributed by atoms with Crippen molar-refractivity contribution >= 4 is 12.2 Å². The van der Waals surface area contributed by atoms with Crippen LogP contribution in [0.5, 0.6) is 0 Å². The lowest BCUT2D eigenvalue weighted by Gasteiger charge is -2.18. The van der Waals surface area contributed by atoms with Crippen LogP contribution in [-0.2, 0) is 24.3 Å². The molecule has 3 rings (SSSR count). The molecule has 4 nitrogen and oxygen atoms in total. The van der Waals surface area contributed by atoms with Gasteiger partial charge in [-0.3, -0.25) is 0 Å². The van der Waals surface area contributed by atoms with Gasteiger partial charge in [0.15, 0.2) is 0 Å². The number of alkyl carbamates (subject to hydrolysis) is 1. The zero-order valence-corrected chi connectivity index (χ0v) is 14.3. The average molecular weight is 336 g/mol. The molecule has 130 valence electrons. The lowest BCUT2D eigenvalue weighted by molar-refractivity contribution is 0.140. The number of hydrogen-bond donors (Lipinski definition) is 2. The van der Waals surface area contributed by atoms with E-state index in [0.717, 1.165) is 31.5 Å². The fourth-order valence-corrected chi connectivity index (χ4v) is 2.96. The summed E-state index contributed by atoms with van der Waals surface area (Å²) < 4.78 is 5.19. The molecule has 2 aromatic rings. The van der Waals surface area contributed by atoms with Gasteiger partial charge in [0.05, 0.1) is 0 Å². The van der Waals surface area contributed by atoms with E-state index in [1.807, 2.05) is 30.3 Å². The topological polar surface area (TPSA) is 50.4 Å². The van der Waals surface area contributed by atoms with Gasteiger partial charge in [-0.1, -0.05) is 60.7 Å². The van der Waals surface area contributed by atoms with Crippen molar-refractivity contribution in [1.82, 2.24) is 10.6 Å². The van der Waals surface area contributed by atoms with E-state index < -0.39 is 0 Å². The molecule has 1 heterocycles. The molecule has 0 aromatic heterocycles. The highest BCUT2D eigenvalue weighted by Crippen LogP contribution is 2.19. The summed E-state index contributed by atoms with van der Waals surface area (Å²) in [6, 6.07) is 16.1. The van der Waals surface area contributed by atoms with Crippen LogP contribution in [-0.4, -0.2) is 19.2 Å². The summed E-state index contributed by atoms with van der Waals surface area (Å²) in [5.74, 6) is 0. The highest BCUT2D eigenvalue weighted by Gasteiger charge is 2.10. The lowest BCUT2D eigenvalue weighted by atomic mass is 9.95. The van der Waals surface area contributed by atoms with Crippen molar-refractivity contribution < 1.29 is 9.53 Å². The number of fused-ring (bicyclic) bond motifs is 1. The molecule has 0 saturated carbocycles. The van der Waals surface area contributed by atoms with E-state index in [1.54, 1.807) is 0 Å². The smallest absolute Gasteiger partial charge is 0.407 e. The predicted octanol–water partition coefficient (Wildman–Crippen LogP) is 3.66. The lowest BCUT2D eigenvalue weighted by Crippen LogP contribution is -2.25. The second kappa shape index (κ2) is 9.04. The summed E-state index contributed by atoms with van der Waals surface area (Å²) in [5, 5.41) is 6.17. The van der Waals surface area contributed by atoms with E-state index in [-0.39, 0.29) is 6.09 Å². The van der Waals surface area contributed by atoms with Crippen molar-refractivity contribution in [3.63, 3.8) is 0 Å². The van der Waals surface area contributed by atoms with Crippen LogP contribution in [0.2, 0.25) is 0 Å². The highest BCUT2D eigenvalue weighted by atomic mass is 16.5. The van der Waals surface area contributed by atoms with Crippen LogP contribution in [0.15, 0.2) is 54.6 Å². The molecule has 25 heavy (non-hydrogen) atoms. The van der Waals surface area contributed by atoms with Gasteiger partial charge in [0.25, 0.3) is 0 Å². The molecule has 0 aliphatic carbocycles. The standard InChI is InChI=1S/C21H24N2O2/c24-21(25-16-17-7-2-1-3-8-17)23-13-5-4-9-18-10-6-11-19-15-22-14-12-20(18)19/h1-4,6-11,22H,5,12-16H2,(H,23,24). The van der Waals surface area contributed by atoms with E-state index in [0.29, 0.717) is 13.2 Å². The number of hydrogen-bond acceptors (Lipinski definition) is 3. The van der Waals surface area contributed by atoms with Gasteiger partial charge in [0.2, 0.25) is 0 Å². The average Bonchev–Trinajstić information content (AvgIpc) is 2.67. The van der Waals surface area contributed by atoms with Crippen molar-refractivity contribution in [2.45, 2.75) is 26.0 Å². The van der Waals surface area contributed by atoms with Gasteiger partial charge in [-0.2, -0.15) is 0 Å². The van der Waals surface area contributed by atoms with E-state index >= 15 is 0 Å². The van der Waals surface area contributed by atoms with E-state index in [2.05, 4.69) is 41.0 Å². The molecule has 0 unspecified atom stereocenters. The quantitative estimate of drug-likeness (QED) is 0.792. The Hall–Kier alpha value is -2.59. The Bertz CT molecular complexity index is 726. The maximum absolute atomic E-state index is 11.7. The second-order valence-electron chi connectivity index (χ2n) is 6.09. The molecule has 2 aromatic carbocycles. The molecule has 0 saturated heterocycles. The van der Waals surface area contributed by atoms with Gasteiger partial charge in [-0.05, 0) is 41.6 Å². The molecular formula is C21H24N2O2. The summed E-state index contributed by atoms with van der Waals surface area (Å²) in [4.78, 5) is 11.7. The van der Waals surface area contributed by atoms with Gasteiger partial charge in [0.1, 0.15) is 6.61 Å². The van der Waals surface area contributed by atoms with E-state index in [9.17, 15) is 4.79 Å². The summed E-state index contributed by atoms with van der Waals surface area (Å²) in [7, 11) is 0. The minimum Gasteiger partial charge on any atom is -0.445 e. The Morgan fingerprint density at radius 2 is 2.04 bits per heavy atom. The van der Waals surface area contributed by atoms with Gasteiger partial charge >= 0.3 is 6.09 Å². The summed E-state index contributed by atoms with van der Waals surface area (Å²) in [5.41, 5.74) is 5.09. The first-order valence-corrected chi connectivity index (χ1v) is 8.75. The number of benzene rings is 2. The molecule has 0 fully saturated rings. The Balaban J connectivity index is 1.40. The first-order valence-electron chi connectivity index (χ1n) is 8.75. The molecule has 4 heteroatoms. The minimum absolute atomic E-state index is 0.298. The number of ether oxygens (including phenoxy) is 1. The molecule has 0 bridgehead atoms. The van der Waals surface area contributed by atoms with Crippen LogP contribution in [0.4, 0.5) is 4.79 Å². The number of amides is 1. The first kappa shape index (κ1) is 17.2. The third-order valence-electron chi connectivity index (χ3n) is 4.27. The van der Waals surface area contributed by atoms with Gasteiger partial charge in [-0.15, -0.1) is 0 Å². The number of rotatable bonds is 6. The molecule has 1 aliphatic rings. The van der Waals surface area contributed by atoms with Crippen LogP contribution in [0.25, 0.3) is 6.08 Å². The first-order chi connectivity index (χ1) is 12.3. The molecular weight excluding hydrogens is 312 g/mol. The maximum atomic E-state index is 11.7. The Labute approximate surface area is 148 Å². The largest absolute Gasteiger partial charge is 0.445 e. The molecule has 1 aliphatic heterocycles. The zero-order valence-electron chi connectivity index (χ0n) is 14.3. The Morgan fingerprint density at radius 3 is 2.92 bits per heavy atom. The second-order valence-corrected chi connectivity index (χ2v) is 6.09. The van der Waals surface area contributed by atoms with Crippen molar-refractivity contribution in [3.8, 4) is 0 Å². The van der Waals surface area contributed by atoms with Crippen molar-refractivity contribution in [2.75, 3.05) is 13.1 Å². The highest BCUT2D eigenvalue weighted by molar-refractivity contribution is 5.67. The van der Waals surface area contributed by atoms with Crippen LogP contribution in [0.1, 0.15) is 28.7 Å². The third-order valence-corrected chi connectivity index (χ3v) is 4.27. The summed E-state index contributed by atoms with van der Waals surface area (Å²) in [6.07, 6.45) is 5.74. The van der Waals surface area contributed by atoms with Crippen molar-refractivity contribution in [1.29, 1.82) is 0 Å². The van der Waals surface area contributed by atoms with Gasteiger partial charge < -0.3 is 15.4 Å². The fourth-order valence-electron chi connectivity index (χ4n) is 2.96. The van der Waals surface area contributed by atoms with Crippen LogP contribution >= 0.6 is 0 Å². The van der Waals surface area contributed by atoms with E-state index in [1.165, 1.54) is 16.7 Å². The molecule has 0 spiro atoms. The predicted molar refractivity (Wildman–Crippen MR) is 100 cm³/mol. The Kier molecular flexibility index (Phi) is 6.23. The summed E-state index contributed by atoms with van der Waals surface area (Å²) >= 11 is 0. The molecule has 2 N–H and O–H groups in total. The molecule has 0 atom stereocenters. The van der Waals surface area contributed by atoms with Gasteiger partial charge in [0, 0.05) is 13.1 Å². The SMILES string of the molecule is O=C(NCCC=Cc1cccc2c1CCNC2)OCc1ccccc1. The van der Waals surface area contributed by atoms with Crippen LogP contribution in [0.3, 0.4) is 0 Å². The fraction of sp³-hybridized carbons (Fsp3) is 0.286. The van der Waals surface area contributed by atoms with Crippen molar-refractivity contribution in [3.05, 3.63) is 76.9 Å². The van der Waals surface area contributed by atoms with E-state index in [4.69, 9.17) is 4.74 Å². The monoisotopic (exact) mass is 336 g/mol. The van der Waals surface area contributed by atoms with Crippen LogP contribution < -0.4 is 10.6 Å². The van der Waals surface area contributed by atoms with Crippen molar-refractivity contribution in [2.24, 2.45) is 0 Å². The maximum Gasteiger partial charge on any atom is 0.407 e. The number of nitrogens with one attached hydrogen (secondary N) is 2. The van der Waals surface area contributed by atoms with Gasteiger partial charge in [-0.25, -0.2) is 4.79 Å². The normalized spacial score (nSPS) is 13.4. The summed E-state index contributed by atoms with van der Waals surface area (Å²) in [6.45, 7) is 2.85.